The molecule has 0 rings (SSSR count). The minimum absolute atomic E-state index is 0.0322. The molecular weight excluding hydrogens is 176 g/mol. The van der Waals surface area contributed by atoms with E-state index in [1.807, 2.05) is 0 Å². The van der Waals surface area contributed by atoms with E-state index in [1.165, 1.54) is 19.3 Å². The van der Waals surface area contributed by atoms with Crippen molar-refractivity contribution in [3.8, 4) is 0 Å². The van der Waals surface area contributed by atoms with Crippen LogP contribution in [0, 0.1) is 5.92 Å². The lowest BCUT2D eigenvalue weighted by Gasteiger charge is -2.05. The molecule has 0 aliphatic heterocycles. The van der Waals surface area contributed by atoms with Gasteiger partial charge in [0, 0.05) is 6.42 Å². The maximum atomic E-state index is 11.2. The minimum Gasteiger partial charge on any atom is -0.466 e. The summed E-state index contributed by atoms with van der Waals surface area (Å²) in [5.74, 6) is 0.554. The highest BCUT2D eigenvalue weighted by molar-refractivity contribution is 5.69. The first-order chi connectivity index (χ1) is 6.66. The first-order valence-electron chi connectivity index (χ1n) is 5.82. The van der Waals surface area contributed by atoms with E-state index in [9.17, 15) is 4.79 Å². The zero-order chi connectivity index (χ0) is 10.8. The molecule has 0 bridgehead atoms. The van der Waals surface area contributed by atoms with Crippen LogP contribution < -0.4 is 0 Å². The van der Waals surface area contributed by atoms with Crippen molar-refractivity contribution in [2.24, 2.45) is 5.92 Å². The number of hydrogen-bond acceptors (Lipinski definition) is 2. The lowest BCUT2D eigenvalue weighted by molar-refractivity contribution is -0.144. The molecule has 0 fully saturated rings. The van der Waals surface area contributed by atoms with E-state index in [-0.39, 0.29) is 5.97 Å². The summed E-state index contributed by atoms with van der Waals surface area (Å²) in [6, 6.07) is 0. The quantitative estimate of drug-likeness (QED) is 0.442. The monoisotopic (exact) mass is 200 g/mol. The molecule has 0 amide bonds. The van der Waals surface area contributed by atoms with Gasteiger partial charge in [0.1, 0.15) is 0 Å². The van der Waals surface area contributed by atoms with Crippen molar-refractivity contribution in [2.45, 2.75) is 59.3 Å². The number of esters is 1. The van der Waals surface area contributed by atoms with Crippen LogP contribution in [0.25, 0.3) is 0 Å². The van der Waals surface area contributed by atoms with E-state index in [4.69, 9.17) is 4.74 Å². The third-order valence-corrected chi connectivity index (χ3v) is 2.19. The Balaban J connectivity index is 3.18. The molecule has 84 valence electrons. The lowest BCUT2D eigenvalue weighted by atomic mass is 10.1. The van der Waals surface area contributed by atoms with Gasteiger partial charge in [-0.1, -0.05) is 40.0 Å². The summed E-state index contributed by atoms with van der Waals surface area (Å²) in [5, 5.41) is 0. The number of ether oxygens (including phenoxy) is 1. The number of unbranched alkanes of at least 4 members (excludes halogenated alkanes) is 3. The topological polar surface area (TPSA) is 26.3 Å². The second-order valence-corrected chi connectivity index (χ2v) is 4.21. The molecule has 0 unspecified atom stereocenters. The first-order valence-corrected chi connectivity index (χ1v) is 5.82. The third kappa shape index (κ3) is 9.56. The van der Waals surface area contributed by atoms with Crippen LogP contribution in [0.3, 0.4) is 0 Å². The maximum absolute atomic E-state index is 11.2. The molecule has 0 aliphatic rings. The van der Waals surface area contributed by atoms with Crippen LogP contribution in [-0.4, -0.2) is 12.6 Å². The largest absolute Gasteiger partial charge is 0.466 e. The van der Waals surface area contributed by atoms with E-state index < -0.39 is 0 Å². The Morgan fingerprint density at radius 1 is 1.21 bits per heavy atom. The molecule has 0 aromatic carbocycles. The van der Waals surface area contributed by atoms with Crippen LogP contribution in [-0.2, 0) is 9.53 Å². The summed E-state index contributed by atoms with van der Waals surface area (Å²) >= 11 is 0. The number of rotatable bonds is 8. The fourth-order valence-corrected chi connectivity index (χ4v) is 1.19. The Bertz CT molecular complexity index is 141. The van der Waals surface area contributed by atoms with Crippen LogP contribution in [0.2, 0.25) is 0 Å². The summed E-state index contributed by atoms with van der Waals surface area (Å²) in [6.45, 7) is 7.02. The van der Waals surface area contributed by atoms with Crippen LogP contribution in [0.4, 0.5) is 0 Å². The van der Waals surface area contributed by atoms with Gasteiger partial charge in [-0.15, -0.1) is 0 Å². The first kappa shape index (κ1) is 13.5. The minimum atomic E-state index is -0.0322. The Morgan fingerprint density at radius 2 is 1.93 bits per heavy atom. The maximum Gasteiger partial charge on any atom is 0.305 e. The van der Waals surface area contributed by atoms with Gasteiger partial charge in [0.25, 0.3) is 0 Å². The molecule has 0 aliphatic carbocycles. The summed E-state index contributed by atoms with van der Waals surface area (Å²) < 4.78 is 5.10. The smallest absolute Gasteiger partial charge is 0.305 e. The molecule has 2 heteroatoms. The standard InChI is InChI=1S/C12H24O2/c1-4-5-6-7-10-14-12(13)9-8-11(2)3/h11H,4-10H2,1-3H3. The molecule has 0 atom stereocenters. The SMILES string of the molecule is CCCCCCOC(=O)CCC(C)C. The molecule has 0 aromatic rings. The second-order valence-electron chi connectivity index (χ2n) is 4.21. The van der Waals surface area contributed by atoms with Gasteiger partial charge in [-0.2, -0.15) is 0 Å². The van der Waals surface area contributed by atoms with E-state index in [0.717, 1.165) is 12.8 Å². The van der Waals surface area contributed by atoms with Crippen LogP contribution in [0.5, 0.6) is 0 Å². The summed E-state index contributed by atoms with van der Waals surface area (Å²) in [7, 11) is 0. The molecule has 0 saturated heterocycles. The highest BCUT2D eigenvalue weighted by atomic mass is 16.5. The fourth-order valence-electron chi connectivity index (χ4n) is 1.19. The van der Waals surface area contributed by atoms with E-state index in [1.54, 1.807) is 0 Å². The van der Waals surface area contributed by atoms with Gasteiger partial charge in [0.05, 0.1) is 6.61 Å². The zero-order valence-electron chi connectivity index (χ0n) is 9.84. The number of carbonyl (C=O) groups is 1. The van der Waals surface area contributed by atoms with Crippen LogP contribution in [0.1, 0.15) is 59.3 Å². The second kappa shape index (κ2) is 9.04. The molecule has 0 saturated carbocycles. The Morgan fingerprint density at radius 3 is 2.50 bits per heavy atom. The van der Waals surface area contributed by atoms with Crippen molar-refractivity contribution in [3.63, 3.8) is 0 Å². The molecule has 0 spiro atoms. The van der Waals surface area contributed by atoms with E-state index >= 15 is 0 Å². The summed E-state index contributed by atoms with van der Waals surface area (Å²) in [5.41, 5.74) is 0. The number of carbonyl (C=O) groups excluding carboxylic acids is 1. The third-order valence-electron chi connectivity index (χ3n) is 2.19. The van der Waals surface area contributed by atoms with Crippen LogP contribution in [0.15, 0.2) is 0 Å². The highest BCUT2D eigenvalue weighted by Gasteiger charge is 2.03. The Labute approximate surface area is 88.0 Å². The summed E-state index contributed by atoms with van der Waals surface area (Å²) in [6.07, 6.45) is 6.17. The predicted octanol–water partition coefficient (Wildman–Crippen LogP) is 3.55. The van der Waals surface area contributed by atoms with Crippen molar-refractivity contribution < 1.29 is 9.53 Å². The zero-order valence-corrected chi connectivity index (χ0v) is 9.84. The normalized spacial score (nSPS) is 10.6. The molecule has 0 radical (unpaired) electrons. The van der Waals surface area contributed by atoms with E-state index in [2.05, 4.69) is 20.8 Å². The van der Waals surface area contributed by atoms with Crippen molar-refractivity contribution in [1.29, 1.82) is 0 Å². The van der Waals surface area contributed by atoms with Crippen LogP contribution >= 0.6 is 0 Å². The fraction of sp³-hybridized carbons (Fsp3) is 0.917. The highest BCUT2D eigenvalue weighted by Crippen LogP contribution is 2.05. The van der Waals surface area contributed by atoms with Gasteiger partial charge in [-0.3, -0.25) is 4.79 Å². The average molecular weight is 200 g/mol. The van der Waals surface area contributed by atoms with Gasteiger partial charge in [0.2, 0.25) is 0 Å². The van der Waals surface area contributed by atoms with Gasteiger partial charge in [-0.25, -0.2) is 0 Å². The Hall–Kier alpha value is -0.530. The Kier molecular flexibility index (Phi) is 8.70. The molecule has 0 heterocycles. The molecule has 0 N–H and O–H groups in total. The molecule has 0 aromatic heterocycles. The summed E-state index contributed by atoms with van der Waals surface area (Å²) in [4.78, 5) is 11.2. The van der Waals surface area contributed by atoms with Crippen molar-refractivity contribution >= 4 is 5.97 Å². The average Bonchev–Trinajstić information content (AvgIpc) is 2.14. The molecule has 14 heavy (non-hydrogen) atoms. The van der Waals surface area contributed by atoms with Gasteiger partial charge in [0.15, 0.2) is 0 Å². The van der Waals surface area contributed by atoms with E-state index in [0.29, 0.717) is 18.9 Å². The van der Waals surface area contributed by atoms with Gasteiger partial charge < -0.3 is 4.74 Å². The molecule has 2 nitrogen and oxygen atoms in total. The van der Waals surface area contributed by atoms with Crippen molar-refractivity contribution in [2.75, 3.05) is 6.61 Å². The van der Waals surface area contributed by atoms with Crippen molar-refractivity contribution in [1.82, 2.24) is 0 Å². The van der Waals surface area contributed by atoms with Gasteiger partial charge >= 0.3 is 5.97 Å². The predicted molar refractivity (Wildman–Crippen MR) is 59.2 cm³/mol. The molecular formula is C12H24O2. The van der Waals surface area contributed by atoms with Crippen molar-refractivity contribution in [3.05, 3.63) is 0 Å². The van der Waals surface area contributed by atoms with Gasteiger partial charge in [-0.05, 0) is 18.8 Å². The number of hydrogen-bond donors (Lipinski definition) is 0. The lowest BCUT2D eigenvalue weighted by Crippen LogP contribution is -2.06.